The van der Waals surface area contributed by atoms with Gasteiger partial charge in [-0.3, -0.25) is 10.1 Å². The van der Waals surface area contributed by atoms with E-state index in [4.69, 9.17) is 9.47 Å². The van der Waals surface area contributed by atoms with E-state index in [1.54, 1.807) is 12.1 Å². The van der Waals surface area contributed by atoms with Crippen LogP contribution in [0.15, 0.2) is 48.5 Å². The predicted octanol–water partition coefficient (Wildman–Crippen LogP) is 5.96. The topological polar surface area (TPSA) is 61.6 Å². The molecule has 0 N–H and O–H groups in total. The highest BCUT2D eigenvalue weighted by atomic mass is 16.6. The Labute approximate surface area is 161 Å². The maximum Gasteiger partial charge on any atom is 0.269 e. The van der Waals surface area contributed by atoms with Gasteiger partial charge in [0, 0.05) is 12.1 Å². The number of nitro benzene ring substituents is 1. The van der Waals surface area contributed by atoms with Crippen LogP contribution in [-0.4, -0.2) is 18.1 Å². The molecule has 146 valence electrons. The van der Waals surface area contributed by atoms with Crippen LogP contribution in [0.3, 0.4) is 0 Å². The molecule has 0 aliphatic carbocycles. The number of nitrogens with zero attached hydrogens (tertiary/aromatic N) is 1. The van der Waals surface area contributed by atoms with E-state index in [1.807, 2.05) is 12.1 Å². The molecule has 5 heteroatoms. The molecule has 0 aliphatic rings. The van der Waals surface area contributed by atoms with E-state index in [0.717, 1.165) is 12.2 Å². The van der Waals surface area contributed by atoms with E-state index in [1.165, 1.54) is 56.2 Å². The van der Waals surface area contributed by atoms with Crippen LogP contribution in [0.5, 0.6) is 11.5 Å². The lowest BCUT2D eigenvalue weighted by molar-refractivity contribution is -0.384. The lowest BCUT2D eigenvalue weighted by Crippen LogP contribution is -2.09. The number of hydrogen-bond donors (Lipinski definition) is 0. The zero-order chi connectivity index (χ0) is 19.3. The zero-order valence-electron chi connectivity index (χ0n) is 16.1. The Balaban J connectivity index is 1.61. The lowest BCUT2D eigenvalue weighted by atomic mass is 10.0. The number of hydrogen-bond acceptors (Lipinski definition) is 4. The van der Waals surface area contributed by atoms with Crippen molar-refractivity contribution in [2.24, 2.45) is 0 Å². The monoisotopic (exact) mass is 371 g/mol. The van der Waals surface area contributed by atoms with Crippen molar-refractivity contribution < 1.29 is 14.4 Å². The molecule has 2 aromatic carbocycles. The molecule has 0 fully saturated rings. The Morgan fingerprint density at radius 2 is 1.30 bits per heavy atom. The first-order valence-corrected chi connectivity index (χ1v) is 9.78. The average molecular weight is 371 g/mol. The summed E-state index contributed by atoms with van der Waals surface area (Å²) in [6.45, 7) is 3.05. The number of unbranched alkanes of at least 4 members (excludes halogenated alkanes) is 5. The molecule has 27 heavy (non-hydrogen) atoms. The summed E-state index contributed by atoms with van der Waals surface area (Å²) in [6, 6.07) is 14.3. The maximum atomic E-state index is 10.6. The standard InChI is InChI=1S/C22H29NO4/c1-2-3-4-5-6-7-8-19-9-13-21(14-10-19)26-17-18-27-22-15-11-20(12-16-22)23(24)25/h9-16H,2-8,17-18H2,1H3. The predicted molar refractivity (Wildman–Crippen MR) is 108 cm³/mol. The van der Waals surface area contributed by atoms with Crippen LogP contribution in [-0.2, 0) is 6.42 Å². The quantitative estimate of drug-likeness (QED) is 0.248. The number of aryl methyl sites for hydroxylation is 1. The summed E-state index contributed by atoms with van der Waals surface area (Å²) in [5.74, 6) is 1.42. The first kappa shape index (κ1) is 20.7. The van der Waals surface area contributed by atoms with Crippen molar-refractivity contribution in [2.45, 2.75) is 51.9 Å². The molecule has 0 radical (unpaired) electrons. The summed E-state index contributed by atoms with van der Waals surface area (Å²) in [7, 11) is 0. The van der Waals surface area contributed by atoms with Gasteiger partial charge in [-0.1, -0.05) is 51.2 Å². The number of nitro groups is 1. The Hall–Kier alpha value is -2.56. The minimum absolute atomic E-state index is 0.0552. The van der Waals surface area contributed by atoms with Gasteiger partial charge in [0.15, 0.2) is 0 Å². The van der Waals surface area contributed by atoms with Crippen molar-refractivity contribution in [1.82, 2.24) is 0 Å². The van der Waals surface area contributed by atoms with Gasteiger partial charge in [0.1, 0.15) is 24.7 Å². The first-order chi connectivity index (χ1) is 13.2. The van der Waals surface area contributed by atoms with Gasteiger partial charge in [-0.15, -0.1) is 0 Å². The molecule has 5 nitrogen and oxygen atoms in total. The van der Waals surface area contributed by atoms with Gasteiger partial charge in [0.2, 0.25) is 0 Å². The summed E-state index contributed by atoms with van der Waals surface area (Å²) in [4.78, 5) is 10.2. The molecule has 0 heterocycles. The van der Waals surface area contributed by atoms with Gasteiger partial charge in [0.05, 0.1) is 4.92 Å². The summed E-state index contributed by atoms with van der Waals surface area (Å²) >= 11 is 0. The number of non-ortho nitro benzene ring substituents is 1. The van der Waals surface area contributed by atoms with E-state index in [2.05, 4.69) is 19.1 Å². The molecule has 0 amide bonds. The van der Waals surface area contributed by atoms with Crippen molar-refractivity contribution in [3.05, 3.63) is 64.2 Å². The minimum atomic E-state index is -0.428. The van der Waals surface area contributed by atoms with Crippen LogP contribution < -0.4 is 9.47 Å². The number of benzene rings is 2. The molecule has 0 saturated heterocycles. The second-order valence-electron chi connectivity index (χ2n) is 6.61. The van der Waals surface area contributed by atoms with E-state index >= 15 is 0 Å². The van der Waals surface area contributed by atoms with Crippen LogP contribution in [0.2, 0.25) is 0 Å². The zero-order valence-corrected chi connectivity index (χ0v) is 16.1. The first-order valence-electron chi connectivity index (χ1n) is 9.78. The normalized spacial score (nSPS) is 10.6. The van der Waals surface area contributed by atoms with E-state index < -0.39 is 4.92 Å². The van der Waals surface area contributed by atoms with Gasteiger partial charge in [0.25, 0.3) is 5.69 Å². The molecular weight excluding hydrogens is 342 g/mol. The minimum Gasteiger partial charge on any atom is -0.490 e. The number of ether oxygens (including phenoxy) is 2. The third kappa shape index (κ3) is 8.11. The molecule has 0 atom stereocenters. The summed E-state index contributed by atoms with van der Waals surface area (Å²) < 4.78 is 11.2. The fourth-order valence-electron chi connectivity index (χ4n) is 2.84. The van der Waals surface area contributed by atoms with E-state index in [9.17, 15) is 10.1 Å². The molecule has 0 saturated carbocycles. The summed E-state index contributed by atoms with van der Waals surface area (Å²) in [5.41, 5.74) is 1.40. The van der Waals surface area contributed by atoms with Gasteiger partial charge in [-0.25, -0.2) is 0 Å². The maximum absolute atomic E-state index is 10.6. The molecule has 0 spiro atoms. The summed E-state index contributed by atoms with van der Waals surface area (Å²) in [5, 5.41) is 10.6. The van der Waals surface area contributed by atoms with Crippen molar-refractivity contribution >= 4 is 5.69 Å². The molecule has 0 aromatic heterocycles. The Bertz CT molecular complexity index is 668. The largest absolute Gasteiger partial charge is 0.490 e. The smallest absolute Gasteiger partial charge is 0.269 e. The second kappa shape index (κ2) is 11.9. The van der Waals surface area contributed by atoms with Gasteiger partial charge >= 0.3 is 0 Å². The Kier molecular flexibility index (Phi) is 9.18. The molecule has 0 unspecified atom stereocenters. The van der Waals surface area contributed by atoms with Crippen molar-refractivity contribution in [2.75, 3.05) is 13.2 Å². The van der Waals surface area contributed by atoms with Crippen LogP contribution in [0.1, 0.15) is 51.0 Å². The van der Waals surface area contributed by atoms with Crippen LogP contribution in [0, 0.1) is 10.1 Å². The average Bonchev–Trinajstić information content (AvgIpc) is 2.69. The van der Waals surface area contributed by atoms with Crippen LogP contribution in [0.4, 0.5) is 5.69 Å². The van der Waals surface area contributed by atoms with Crippen LogP contribution in [0.25, 0.3) is 0 Å². The molecule has 0 aliphatic heterocycles. The van der Waals surface area contributed by atoms with Crippen molar-refractivity contribution in [3.8, 4) is 11.5 Å². The van der Waals surface area contributed by atoms with E-state index in [-0.39, 0.29) is 5.69 Å². The van der Waals surface area contributed by atoms with Gasteiger partial charge < -0.3 is 9.47 Å². The second-order valence-corrected chi connectivity index (χ2v) is 6.61. The molecule has 2 aromatic rings. The van der Waals surface area contributed by atoms with Gasteiger partial charge in [-0.2, -0.15) is 0 Å². The van der Waals surface area contributed by atoms with E-state index in [0.29, 0.717) is 19.0 Å². The molecule has 2 rings (SSSR count). The third-order valence-electron chi connectivity index (χ3n) is 4.41. The van der Waals surface area contributed by atoms with Gasteiger partial charge in [-0.05, 0) is 42.7 Å². The molecular formula is C22H29NO4. The highest BCUT2D eigenvalue weighted by Gasteiger charge is 2.04. The Morgan fingerprint density at radius 1 is 0.778 bits per heavy atom. The SMILES string of the molecule is CCCCCCCCc1ccc(OCCOc2ccc([N+](=O)[O-])cc2)cc1. The fraction of sp³-hybridized carbons (Fsp3) is 0.455. The number of rotatable bonds is 13. The van der Waals surface area contributed by atoms with Crippen LogP contribution >= 0.6 is 0 Å². The summed E-state index contributed by atoms with van der Waals surface area (Å²) in [6.07, 6.45) is 9.00. The lowest BCUT2D eigenvalue weighted by Gasteiger charge is -2.09. The fourth-order valence-corrected chi connectivity index (χ4v) is 2.84. The van der Waals surface area contributed by atoms with Crippen molar-refractivity contribution in [1.29, 1.82) is 0 Å². The molecule has 0 bridgehead atoms. The Morgan fingerprint density at radius 3 is 1.85 bits per heavy atom. The highest BCUT2D eigenvalue weighted by molar-refractivity contribution is 5.36. The highest BCUT2D eigenvalue weighted by Crippen LogP contribution is 2.18. The van der Waals surface area contributed by atoms with Crippen molar-refractivity contribution in [3.63, 3.8) is 0 Å². The third-order valence-corrected chi connectivity index (χ3v) is 4.41.